The number of amides is 1. The zero-order valence-electron chi connectivity index (χ0n) is 12.9. The fourth-order valence-corrected chi connectivity index (χ4v) is 2.25. The third-order valence-electron chi connectivity index (χ3n) is 3.99. The van der Waals surface area contributed by atoms with E-state index in [0.717, 1.165) is 0 Å². The van der Waals surface area contributed by atoms with Gasteiger partial charge in [0, 0.05) is 13.0 Å². The molecule has 21 heavy (non-hydrogen) atoms. The van der Waals surface area contributed by atoms with Crippen LogP contribution in [0.5, 0.6) is 0 Å². The van der Waals surface area contributed by atoms with Crippen molar-refractivity contribution >= 4 is 11.9 Å². The zero-order valence-corrected chi connectivity index (χ0v) is 12.9. The van der Waals surface area contributed by atoms with Crippen molar-refractivity contribution in [3.63, 3.8) is 0 Å². The molecule has 7 nitrogen and oxygen atoms in total. The largest absolute Gasteiger partial charge is 0.468 e. The molecule has 0 spiro atoms. The fourth-order valence-electron chi connectivity index (χ4n) is 2.25. The molecule has 0 bridgehead atoms. The number of esters is 1. The normalized spacial score (nSPS) is 25.2. The van der Waals surface area contributed by atoms with E-state index in [0.29, 0.717) is 0 Å². The summed E-state index contributed by atoms with van der Waals surface area (Å²) in [5, 5.41) is 21.5. The zero-order chi connectivity index (χ0) is 16.2. The number of hydrogen-bond acceptors (Lipinski definition) is 6. The Morgan fingerprint density at radius 2 is 2.19 bits per heavy atom. The van der Waals surface area contributed by atoms with Gasteiger partial charge >= 0.3 is 5.97 Å². The van der Waals surface area contributed by atoms with Gasteiger partial charge in [0.25, 0.3) is 0 Å². The summed E-state index contributed by atoms with van der Waals surface area (Å²) >= 11 is 0. The second-order valence-corrected chi connectivity index (χ2v) is 5.87. The Hall–Kier alpha value is -1.65. The van der Waals surface area contributed by atoms with Crippen molar-refractivity contribution in [2.45, 2.75) is 44.9 Å². The number of aliphatic hydroxyl groups excluding tert-OH is 1. The lowest BCUT2D eigenvalue weighted by Gasteiger charge is -2.29. The molecule has 0 aromatic heterocycles. The molecule has 0 aromatic rings. The standard InChI is InChI=1S/C14H23N3O4/c1-9(2)14(3,8-15)16-12(19)7-17-6-10(18)5-11(17)13(20)21-4/h9-11,18H,5-7H2,1-4H3,(H,16,19)/t10-,11+,14?/m1/s1. The number of likely N-dealkylation sites (tertiary alicyclic amines) is 1. The van der Waals surface area contributed by atoms with Gasteiger partial charge in [0.15, 0.2) is 0 Å². The van der Waals surface area contributed by atoms with Crippen LogP contribution in [0, 0.1) is 17.2 Å². The van der Waals surface area contributed by atoms with Gasteiger partial charge in [-0.25, -0.2) is 0 Å². The fraction of sp³-hybridized carbons (Fsp3) is 0.786. The maximum absolute atomic E-state index is 12.1. The summed E-state index contributed by atoms with van der Waals surface area (Å²) in [6.45, 7) is 5.53. The second-order valence-electron chi connectivity index (χ2n) is 5.87. The van der Waals surface area contributed by atoms with Crippen LogP contribution in [0.4, 0.5) is 0 Å². The lowest BCUT2D eigenvalue weighted by atomic mass is 9.90. The van der Waals surface area contributed by atoms with E-state index in [4.69, 9.17) is 0 Å². The molecule has 1 rings (SSSR count). The molecule has 3 atom stereocenters. The van der Waals surface area contributed by atoms with Crippen LogP contribution in [0.2, 0.25) is 0 Å². The van der Waals surface area contributed by atoms with E-state index in [1.165, 1.54) is 7.11 Å². The van der Waals surface area contributed by atoms with E-state index in [1.54, 1.807) is 11.8 Å². The van der Waals surface area contributed by atoms with Crippen LogP contribution < -0.4 is 5.32 Å². The van der Waals surface area contributed by atoms with E-state index in [1.807, 2.05) is 13.8 Å². The lowest BCUT2D eigenvalue weighted by Crippen LogP contribution is -2.53. The Labute approximate surface area is 124 Å². The van der Waals surface area contributed by atoms with E-state index >= 15 is 0 Å². The minimum absolute atomic E-state index is 0.0491. The number of nitrogens with zero attached hydrogens (tertiary/aromatic N) is 2. The van der Waals surface area contributed by atoms with Gasteiger partial charge in [-0.3, -0.25) is 14.5 Å². The first kappa shape index (κ1) is 17.4. The quantitative estimate of drug-likeness (QED) is 0.672. The van der Waals surface area contributed by atoms with Crippen molar-refractivity contribution in [3.8, 4) is 6.07 Å². The number of hydrogen-bond donors (Lipinski definition) is 2. The number of carbonyl (C=O) groups is 2. The molecule has 118 valence electrons. The number of β-amino-alcohol motifs (C(OH)–C–C–N with tert-alkyl or cyclic N) is 1. The highest BCUT2D eigenvalue weighted by Crippen LogP contribution is 2.19. The van der Waals surface area contributed by atoms with Gasteiger partial charge in [-0.05, 0) is 12.8 Å². The van der Waals surface area contributed by atoms with E-state index in [2.05, 4.69) is 16.1 Å². The van der Waals surface area contributed by atoms with Crippen LogP contribution >= 0.6 is 0 Å². The molecule has 1 aliphatic rings. The molecule has 1 unspecified atom stereocenters. The molecule has 1 fully saturated rings. The summed E-state index contributed by atoms with van der Waals surface area (Å²) in [6.07, 6.45) is -0.408. The highest BCUT2D eigenvalue weighted by atomic mass is 16.5. The first-order chi connectivity index (χ1) is 9.73. The summed E-state index contributed by atoms with van der Waals surface area (Å²) in [7, 11) is 1.27. The maximum atomic E-state index is 12.1. The smallest absolute Gasteiger partial charge is 0.323 e. The number of ether oxygens (including phenoxy) is 1. The minimum Gasteiger partial charge on any atom is -0.468 e. The Morgan fingerprint density at radius 1 is 1.57 bits per heavy atom. The summed E-state index contributed by atoms with van der Waals surface area (Å²) in [5.41, 5.74) is -0.962. The molecule has 0 saturated carbocycles. The number of aliphatic hydroxyl groups is 1. The number of carbonyl (C=O) groups excluding carboxylic acids is 2. The van der Waals surface area contributed by atoms with Gasteiger partial charge in [-0.2, -0.15) is 5.26 Å². The Bertz CT molecular complexity index is 446. The van der Waals surface area contributed by atoms with Crippen molar-refractivity contribution in [1.29, 1.82) is 5.26 Å². The molecular formula is C14H23N3O4. The third-order valence-corrected chi connectivity index (χ3v) is 3.99. The maximum Gasteiger partial charge on any atom is 0.323 e. The van der Waals surface area contributed by atoms with Crippen molar-refractivity contribution in [3.05, 3.63) is 0 Å². The number of rotatable bonds is 5. The van der Waals surface area contributed by atoms with Gasteiger partial charge in [-0.1, -0.05) is 13.8 Å². The van der Waals surface area contributed by atoms with Gasteiger partial charge < -0.3 is 15.2 Å². The highest BCUT2D eigenvalue weighted by molar-refractivity contribution is 5.81. The number of nitrogens with one attached hydrogen (secondary N) is 1. The molecule has 0 radical (unpaired) electrons. The van der Waals surface area contributed by atoms with Crippen LogP contribution in [0.3, 0.4) is 0 Å². The van der Waals surface area contributed by atoms with Gasteiger partial charge in [0.2, 0.25) is 5.91 Å². The average molecular weight is 297 g/mol. The molecule has 0 aromatic carbocycles. The second kappa shape index (κ2) is 6.87. The first-order valence-electron chi connectivity index (χ1n) is 6.95. The van der Waals surface area contributed by atoms with Gasteiger partial charge in [0.1, 0.15) is 11.6 Å². The molecule has 0 aliphatic carbocycles. The Morgan fingerprint density at radius 3 is 2.67 bits per heavy atom. The summed E-state index contributed by atoms with van der Waals surface area (Å²) in [5.74, 6) is -0.867. The first-order valence-corrected chi connectivity index (χ1v) is 6.95. The van der Waals surface area contributed by atoms with Crippen LogP contribution in [0.15, 0.2) is 0 Å². The SMILES string of the molecule is COC(=O)[C@@H]1C[C@@H](O)CN1CC(=O)NC(C)(C#N)C(C)C. The minimum atomic E-state index is -0.962. The topological polar surface area (TPSA) is 103 Å². The van der Waals surface area contributed by atoms with Crippen molar-refractivity contribution < 1.29 is 19.4 Å². The molecule has 1 amide bonds. The van der Waals surface area contributed by atoms with Gasteiger partial charge in [-0.15, -0.1) is 0 Å². The summed E-state index contributed by atoms with van der Waals surface area (Å²) < 4.78 is 4.68. The van der Waals surface area contributed by atoms with Crippen molar-refractivity contribution in [1.82, 2.24) is 10.2 Å². The van der Waals surface area contributed by atoms with E-state index in [9.17, 15) is 20.0 Å². The average Bonchev–Trinajstić information content (AvgIpc) is 2.77. The molecule has 2 N–H and O–H groups in total. The molecule has 7 heteroatoms. The molecule has 1 aliphatic heterocycles. The predicted molar refractivity (Wildman–Crippen MR) is 75.0 cm³/mol. The predicted octanol–water partition coefficient (Wildman–Crippen LogP) is -0.351. The monoisotopic (exact) mass is 297 g/mol. The summed E-state index contributed by atoms with van der Waals surface area (Å²) in [6, 6.07) is 1.47. The Balaban J connectivity index is 2.69. The van der Waals surface area contributed by atoms with Crippen molar-refractivity contribution in [2.75, 3.05) is 20.2 Å². The van der Waals surface area contributed by atoms with E-state index in [-0.39, 0.29) is 31.3 Å². The summed E-state index contributed by atoms with van der Waals surface area (Å²) in [4.78, 5) is 25.3. The number of nitriles is 1. The van der Waals surface area contributed by atoms with Crippen LogP contribution in [-0.4, -0.2) is 59.8 Å². The van der Waals surface area contributed by atoms with Crippen molar-refractivity contribution in [2.24, 2.45) is 5.92 Å². The Kier molecular flexibility index (Phi) is 5.70. The lowest BCUT2D eigenvalue weighted by molar-refractivity contribution is -0.146. The van der Waals surface area contributed by atoms with Crippen LogP contribution in [0.25, 0.3) is 0 Å². The van der Waals surface area contributed by atoms with Crippen LogP contribution in [0.1, 0.15) is 27.2 Å². The molecular weight excluding hydrogens is 274 g/mol. The molecule has 1 heterocycles. The van der Waals surface area contributed by atoms with Gasteiger partial charge in [0.05, 0.1) is 25.8 Å². The highest BCUT2D eigenvalue weighted by Gasteiger charge is 2.38. The van der Waals surface area contributed by atoms with E-state index < -0.39 is 23.7 Å². The van der Waals surface area contributed by atoms with Crippen LogP contribution in [-0.2, 0) is 14.3 Å². The third kappa shape index (κ3) is 4.16. The molecule has 1 saturated heterocycles. The number of methoxy groups -OCH3 is 1.